The Kier molecular flexibility index (Phi) is 6.82. The van der Waals surface area contributed by atoms with Crippen LogP contribution >= 0.6 is 0 Å². The molecule has 2 aromatic carbocycles. The van der Waals surface area contributed by atoms with Gasteiger partial charge in [0.05, 0.1) is 6.61 Å². The summed E-state index contributed by atoms with van der Waals surface area (Å²) in [7, 11) is 0. The van der Waals surface area contributed by atoms with Crippen molar-refractivity contribution in [2.24, 2.45) is 0 Å². The largest absolute Gasteiger partial charge is 0.464 e. The van der Waals surface area contributed by atoms with Gasteiger partial charge in [0.1, 0.15) is 0 Å². The van der Waals surface area contributed by atoms with Crippen LogP contribution in [0.4, 0.5) is 0 Å². The van der Waals surface area contributed by atoms with E-state index in [4.69, 9.17) is 4.74 Å². The molecule has 32 heavy (non-hydrogen) atoms. The Morgan fingerprint density at radius 2 is 1.69 bits per heavy atom. The molecule has 1 N–H and O–H groups in total. The Morgan fingerprint density at radius 3 is 2.25 bits per heavy atom. The number of ether oxygens (including phenoxy) is 1. The molecule has 0 spiro atoms. The Balaban J connectivity index is 1.85. The summed E-state index contributed by atoms with van der Waals surface area (Å²) in [4.78, 5) is 38.5. The molecule has 168 valence electrons. The van der Waals surface area contributed by atoms with Crippen LogP contribution < -0.4 is 5.43 Å². The van der Waals surface area contributed by atoms with Gasteiger partial charge in [0.15, 0.2) is 6.04 Å². The van der Waals surface area contributed by atoms with Gasteiger partial charge in [0.25, 0.3) is 11.8 Å². The van der Waals surface area contributed by atoms with Crippen molar-refractivity contribution in [3.05, 3.63) is 76.9 Å². The second kappa shape index (κ2) is 9.39. The number of carbonyl (C=O) groups excluding carboxylic acids is 3. The molecule has 1 aliphatic heterocycles. The van der Waals surface area contributed by atoms with E-state index >= 15 is 0 Å². The third-order valence-corrected chi connectivity index (χ3v) is 5.48. The summed E-state index contributed by atoms with van der Waals surface area (Å²) in [5.41, 5.74) is 6.77. The number of benzene rings is 2. The molecule has 2 amide bonds. The van der Waals surface area contributed by atoms with Crippen LogP contribution in [0.25, 0.3) is 5.57 Å². The molecule has 0 radical (unpaired) electrons. The van der Waals surface area contributed by atoms with Crippen LogP contribution in [0.15, 0.2) is 54.6 Å². The minimum absolute atomic E-state index is 0.0377. The average Bonchev–Trinajstić information content (AvgIpc) is 2.75. The van der Waals surface area contributed by atoms with E-state index in [2.05, 4.69) is 26.2 Å². The van der Waals surface area contributed by atoms with E-state index in [1.54, 1.807) is 19.1 Å². The van der Waals surface area contributed by atoms with Crippen molar-refractivity contribution in [2.75, 3.05) is 6.61 Å². The summed E-state index contributed by atoms with van der Waals surface area (Å²) < 4.78 is 5.19. The Morgan fingerprint density at radius 1 is 1.06 bits per heavy atom. The number of hydrogen-bond donors (Lipinski definition) is 1. The fourth-order valence-electron chi connectivity index (χ4n) is 3.56. The fraction of sp³-hybridized carbons (Fsp3) is 0.346. The summed E-state index contributed by atoms with van der Waals surface area (Å²) in [5, 5.41) is 1.08. The lowest BCUT2D eigenvalue weighted by Gasteiger charge is -2.33. The van der Waals surface area contributed by atoms with Crippen molar-refractivity contribution < 1.29 is 19.1 Å². The number of hydrazine groups is 1. The van der Waals surface area contributed by atoms with Gasteiger partial charge in [0, 0.05) is 18.1 Å². The van der Waals surface area contributed by atoms with Crippen molar-refractivity contribution in [3.8, 4) is 0 Å². The first kappa shape index (κ1) is 23.3. The maximum absolute atomic E-state index is 12.9. The molecule has 6 heteroatoms. The highest BCUT2D eigenvalue weighted by Crippen LogP contribution is 2.28. The highest BCUT2D eigenvalue weighted by molar-refractivity contribution is 6.03. The minimum Gasteiger partial charge on any atom is -0.464 e. The summed E-state index contributed by atoms with van der Waals surface area (Å²) in [6.45, 7) is 10.2. The van der Waals surface area contributed by atoms with Gasteiger partial charge >= 0.3 is 5.97 Å². The van der Waals surface area contributed by atoms with Crippen LogP contribution in [0.5, 0.6) is 0 Å². The zero-order chi connectivity index (χ0) is 23.5. The van der Waals surface area contributed by atoms with Crippen molar-refractivity contribution in [3.63, 3.8) is 0 Å². The van der Waals surface area contributed by atoms with Crippen LogP contribution in [-0.2, 0) is 19.7 Å². The first-order valence-electron chi connectivity index (χ1n) is 10.8. The van der Waals surface area contributed by atoms with Gasteiger partial charge in [-0.15, -0.1) is 0 Å². The first-order chi connectivity index (χ1) is 15.1. The van der Waals surface area contributed by atoms with E-state index < -0.39 is 23.8 Å². The predicted octanol–water partition coefficient (Wildman–Crippen LogP) is 4.18. The van der Waals surface area contributed by atoms with Gasteiger partial charge in [-0.3, -0.25) is 15.0 Å². The summed E-state index contributed by atoms with van der Waals surface area (Å²) in [5.74, 6) is -1.48. The van der Waals surface area contributed by atoms with E-state index in [1.165, 1.54) is 6.08 Å². The molecule has 1 aliphatic rings. The molecule has 0 bridgehead atoms. The van der Waals surface area contributed by atoms with E-state index in [0.717, 1.165) is 27.3 Å². The molecule has 3 rings (SSSR count). The molecule has 1 heterocycles. The summed E-state index contributed by atoms with van der Waals surface area (Å²) >= 11 is 0. The van der Waals surface area contributed by atoms with Crippen molar-refractivity contribution in [2.45, 2.75) is 52.5 Å². The lowest BCUT2D eigenvalue weighted by Crippen LogP contribution is -2.56. The van der Waals surface area contributed by atoms with E-state index in [-0.39, 0.29) is 18.4 Å². The Bertz CT molecular complexity index is 1030. The zero-order valence-electron chi connectivity index (χ0n) is 19.3. The number of amides is 2. The van der Waals surface area contributed by atoms with Gasteiger partial charge < -0.3 is 4.74 Å². The van der Waals surface area contributed by atoms with Crippen molar-refractivity contribution in [1.29, 1.82) is 0 Å². The number of nitrogens with one attached hydrogen (secondary N) is 1. The van der Waals surface area contributed by atoms with E-state index in [9.17, 15) is 14.4 Å². The topological polar surface area (TPSA) is 75.7 Å². The Labute approximate surface area is 189 Å². The van der Waals surface area contributed by atoms with Crippen molar-refractivity contribution >= 4 is 23.4 Å². The normalized spacial score (nSPS) is 16.4. The SMILES string of the molecule is CCOC(=O)[C@H]1CC(c2ccc(C)cc2)=CC(=O)N1NC(=O)c1ccc(C(C)(C)C)cc1. The molecule has 1 atom stereocenters. The number of esters is 1. The smallest absolute Gasteiger partial charge is 0.331 e. The number of rotatable bonds is 5. The molecule has 6 nitrogen and oxygen atoms in total. The summed E-state index contributed by atoms with van der Waals surface area (Å²) in [6.07, 6.45) is 1.71. The second-order valence-corrected chi connectivity index (χ2v) is 8.98. The highest BCUT2D eigenvalue weighted by atomic mass is 16.5. The highest BCUT2D eigenvalue weighted by Gasteiger charge is 2.36. The van der Waals surface area contributed by atoms with Crippen LogP contribution in [0.2, 0.25) is 0 Å². The quantitative estimate of drug-likeness (QED) is 0.716. The van der Waals surface area contributed by atoms with E-state index in [0.29, 0.717) is 5.56 Å². The van der Waals surface area contributed by atoms with Crippen LogP contribution in [-0.4, -0.2) is 35.4 Å². The van der Waals surface area contributed by atoms with Crippen LogP contribution in [0.3, 0.4) is 0 Å². The lowest BCUT2D eigenvalue weighted by atomic mass is 9.87. The lowest BCUT2D eigenvalue weighted by molar-refractivity contribution is -0.155. The maximum atomic E-state index is 12.9. The van der Waals surface area contributed by atoms with Gasteiger partial charge in [0.2, 0.25) is 0 Å². The monoisotopic (exact) mass is 434 g/mol. The van der Waals surface area contributed by atoms with Gasteiger partial charge in [-0.25, -0.2) is 9.80 Å². The molecule has 0 saturated carbocycles. The van der Waals surface area contributed by atoms with Gasteiger partial charge in [-0.2, -0.15) is 0 Å². The number of hydrogen-bond acceptors (Lipinski definition) is 4. The predicted molar refractivity (Wildman–Crippen MR) is 124 cm³/mol. The number of nitrogens with zero attached hydrogens (tertiary/aromatic N) is 1. The van der Waals surface area contributed by atoms with Crippen molar-refractivity contribution in [1.82, 2.24) is 10.4 Å². The fourth-order valence-corrected chi connectivity index (χ4v) is 3.56. The molecule has 0 saturated heterocycles. The molecule has 0 fully saturated rings. The maximum Gasteiger partial charge on any atom is 0.331 e. The first-order valence-corrected chi connectivity index (χ1v) is 10.8. The molecular weight excluding hydrogens is 404 g/mol. The summed E-state index contributed by atoms with van der Waals surface area (Å²) in [6, 6.07) is 14.0. The van der Waals surface area contributed by atoms with Gasteiger partial charge in [-0.05, 0) is 48.1 Å². The third kappa shape index (κ3) is 5.25. The minimum atomic E-state index is -0.943. The van der Waals surface area contributed by atoms with Gasteiger partial charge in [-0.1, -0.05) is 62.7 Å². The molecule has 0 aromatic heterocycles. The van der Waals surface area contributed by atoms with Crippen LogP contribution in [0.1, 0.15) is 61.2 Å². The molecule has 2 aromatic rings. The zero-order valence-corrected chi connectivity index (χ0v) is 19.3. The molecule has 0 aliphatic carbocycles. The second-order valence-electron chi connectivity index (χ2n) is 8.98. The number of carbonyl (C=O) groups is 3. The Hall–Kier alpha value is -3.41. The standard InChI is InChI=1S/C26H30N2O4/c1-6-32-25(31)22-15-20(18-9-7-17(2)8-10-18)16-23(29)28(22)27-24(30)19-11-13-21(14-12-19)26(3,4)5/h7-14,16,22H,6,15H2,1-5H3,(H,27,30)/t22-/m1/s1. The van der Waals surface area contributed by atoms with Crippen LogP contribution in [0, 0.1) is 6.92 Å². The molecular formula is C26H30N2O4. The number of aryl methyl sites for hydroxylation is 1. The van der Waals surface area contributed by atoms with E-state index in [1.807, 2.05) is 43.3 Å². The third-order valence-electron chi connectivity index (χ3n) is 5.48. The molecule has 0 unspecified atom stereocenters. The average molecular weight is 435 g/mol.